The highest BCUT2D eigenvalue weighted by atomic mass is 32.1. The zero-order valence-electron chi connectivity index (χ0n) is 11.5. The summed E-state index contributed by atoms with van der Waals surface area (Å²) in [5.74, 6) is 0.195. The number of anilines is 1. The van der Waals surface area contributed by atoms with E-state index in [2.05, 4.69) is 14.8 Å². The lowest BCUT2D eigenvalue weighted by atomic mass is 10.2. The number of carbonyl (C=O) groups excluding carboxylic acids is 1. The molecule has 0 saturated carbocycles. The van der Waals surface area contributed by atoms with Crippen LogP contribution < -0.4 is 4.90 Å². The number of rotatable bonds is 4. The van der Waals surface area contributed by atoms with Gasteiger partial charge in [0.25, 0.3) is 0 Å². The number of ketones is 1. The zero-order chi connectivity index (χ0) is 13.9. The summed E-state index contributed by atoms with van der Waals surface area (Å²) in [5.41, 5.74) is 0.785. The van der Waals surface area contributed by atoms with Crippen molar-refractivity contribution >= 4 is 22.3 Å². The third-order valence-corrected chi connectivity index (χ3v) is 4.49. The summed E-state index contributed by atoms with van der Waals surface area (Å²) in [6, 6.07) is 3.79. The van der Waals surface area contributed by atoms with Crippen molar-refractivity contribution in [2.24, 2.45) is 7.05 Å². The van der Waals surface area contributed by atoms with Gasteiger partial charge in [-0.15, -0.1) is 11.3 Å². The molecule has 1 saturated heterocycles. The van der Waals surface area contributed by atoms with Crippen LogP contribution in [-0.2, 0) is 7.05 Å². The molecule has 20 heavy (non-hydrogen) atoms. The van der Waals surface area contributed by atoms with Crippen molar-refractivity contribution in [3.05, 3.63) is 35.6 Å². The molecule has 1 aliphatic rings. The highest BCUT2D eigenvalue weighted by Crippen LogP contribution is 2.18. The SMILES string of the molecule is Cn1cccc1C(=O)CN1CCN(c2nccs2)CC1. The van der Waals surface area contributed by atoms with E-state index >= 15 is 0 Å². The molecule has 2 aromatic heterocycles. The number of piperazine rings is 1. The Bertz CT molecular complexity index is 570. The van der Waals surface area contributed by atoms with Gasteiger partial charge in [-0.1, -0.05) is 0 Å². The van der Waals surface area contributed by atoms with Crippen molar-refractivity contribution in [3.8, 4) is 0 Å². The summed E-state index contributed by atoms with van der Waals surface area (Å²) < 4.78 is 1.88. The van der Waals surface area contributed by atoms with Crippen LogP contribution >= 0.6 is 11.3 Å². The van der Waals surface area contributed by atoms with Crippen molar-refractivity contribution in [3.63, 3.8) is 0 Å². The largest absolute Gasteiger partial charge is 0.348 e. The van der Waals surface area contributed by atoms with Gasteiger partial charge >= 0.3 is 0 Å². The van der Waals surface area contributed by atoms with Gasteiger partial charge in [0.15, 0.2) is 10.9 Å². The normalized spacial score (nSPS) is 16.6. The first-order valence-electron chi connectivity index (χ1n) is 6.75. The Labute approximate surface area is 122 Å². The van der Waals surface area contributed by atoms with Crippen LogP contribution in [-0.4, -0.2) is 53.0 Å². The monoisotopic (exact) mass is 290 g/mol. The maximum atomic E-state index is 12.2. The first kappa shape index (κ1) is 13.3. The lowest BCUT2D eigenvalue weighted by Gasteiger charge is -2.34. The van der Waals surface area contributed by atoms with Gasteiger partial charge in [0, 0.05) is 51.0 Å². The molecule has 0 atom stereocenters. The van der Waals surface area contributed by atoms with Crippen LogP contribution in [0.5, 0.6) is 0 Å². The van der Waals surface area contributed by atoms with Gasteiger partial charge < -0.3 is 9.47 Å². The minimum Gasteiger partial charge on any atom is -0.348 e. The van der Waals surface area contributed by atoms with Crippen LogP contribution in [0, 0.1) is 0 Å². The second-order valence-corrected chi connectivity index (χ2v) is 5.88. The first-order chi connectivity index (χ1) is 9.74. The minimum absolute atomic E-state index is 0.195. The van der Waals surface area contributed by atoms with E-state index in [0.717, 1.165) is 37.0 Å². The Kier molecular flexibility index (Phi) is 3.84. The van der Waals surface area contributed by atoms with E-state index in [0.29, 0.717) is 6.54 Å². The summed E-state index contributed by atoms with van der Waals surface area (Å²) in [4.78, 5) is 21.1. The Hall–Kier alpha value is -1.66. The average Bonchev–Trinajstić information content (AvgIpc) is 3.10. The molecular weight excluding hydrogens is 272 g/mol. The van der Waals surface area contributed by atoms with Crippen LogP contribution in [0.25, 0.3) is 0 Å². The van der Waals surface area contributed by atoms with E-state index < -0.39 is 0 Å². The third kappa shape index (κ3) is 2.76. The zero-order valence-corrected chi connectivity index (χ0v) is 12.3. The highest BCUT2D eigenvalue weighted by Gasteiger charge is 2.21. The molecule has 0 N–H and O–H groups in total. The number of nitrogens with zero attached hydrogens (tertiary/aromatic N) is 4. The molecule has 6 heteroatoms. The standard InChI is InChI=1S/C14H18N4OS/c1-16-5-2-3-12(16)13(19)11-17-6-8-18(9-7-17)14-15-4-10-20-14/h2-5,10H,6-9,11H2,1H3. The fourth-order valence-corrected chi connectivity index (χ4v) is 3.20. The van der Waals surface area contributed by atoms with Gasteiger partial charge in [-0.3, -0.25) is 9.69 Å². The summed E-state index contributed by atoms with van der Waals surface area (Å²) in [6.07, 6.45) is 3.75. The first-order valence-corrected chi connectivity index (χ1v) is 7.63. The van der Waals surface area contributed by atoms with Crippen LogP contribution in [0.15, 0.2) is 29.9 Å². The molecule has 0 aliphatic carbocycles. The number of thiazole rings is 1. The Morgan fingerprint density at radius 3 is 2.75 bits per heavy atom. The van der Waals surface area contributed by atoms with Crippen molar-refractivity contribution in [1.29, 1.82) is 0 Å². The van der Waals surface area contributed by atoms with Crippen LogP contribution in [0.4, 0.5) is 5.13 Å². The lowest BCUT2D eigenvalue weighted by Crippen LogP contribution is -2.48. The predicted octanol–water partition coefficient (Wildman–Crippen LogP) is 1.49. The molecule has 0 amide bonds. The number of aromatic nitrogens is 2. The molecule has 106 valence electrons. The van der Waals surface area contributed by atoms with Crippen molar-refractivity contribution in [2.45, 2.75) is 0 Å². The average molecular weight is 290 g/mol. The molecule has 1 aliphatic heterocycles. The topological polar surface area (TPSA) is 41.4 Å². The van der Waals surface area contributed by atoms with Gasteiger partial charge in [-0.25, -0.2) is 4.98 Å². The van der Waals surface area contributed by atoms with Crippen molar-refractivity contribution in [2.75, 3.05) is 37.6 Å². The maximum Gasteiger partial charge on any atom is 0.193 e. The van der Waals surface area contributed by atoms with Crippen LogP contribution in [0.1, 0.15) is 10.5 Å². The lowest BCUT2D eigenvalue weighted by molar-refractivity contribution is 0.0918. The molecule has 0 radical (unpaired) electrons. The quantitative estimate of drug-likeness (QED) is 0.800. The van der Waals surface area contributed by atoms with Crippen LogP contribution in [0.2, 0.25) is 0 Å². The van der Waals surface area contributed by atoms with E-state index in [1.165, 1.54) is 0 Å². The number of aryl methyl sites for hydroxylation is 1. The Morgan fingerprint density at radius 1 is 1.35 bits per heavy atom. The van der Waals surface area contributed by atoms with E-state index in [1.54, 1.807) is 11.3 Å². The molecule has 1 fully saturated rings. The van der Waals surface area contributed by atoms with Crippen molar-refractivity contribution < 1.29 is 4.79 Å². The number of hydrogen-bond donors (Lipinski definition) is 0. The van der Waals surface area contributed by atoms with Crippen LogP contribution in [0.3, 0.4) is 0 Å². The fraction of sp³-hybridized carbons (Fsp3) is 0.429. The molecule has 3 heterocycles. The molecule has 0 aromatic carbocycles. The highest BCUT2D eigenvalue weighted by molar-refractivity contribution is 7.13. The van der Waals surface area contributed by atoms with E-state index in [-0.39, 0.29) is 5.78 Å². The molecular formula is C14H18N4OS. The third-order valence-electron chi connectivity index (χ3n) is 3.66. The van der Waals surface area contributed by atoms with Gasteiger partial charge in [-0.2, -0.15) is 0 Å². The second-order valence-electron chi connectivity index (χ2n) is 5.01. The van der Waals surface area contributed by atoms with Gasteiger partial charge in [0.1, 0.15) is 0 Å². The summed E-state index contributed by atoms with van der Waals surface area (Å²) in [5, 5.41) is 3.08. The maximum absolute atomic E-state index is 12.2. The Balaban J connectivity index is 1.54. The van der Waals surface area contributed by atoms with Gasteiger partial charge in [-0.05, 0) is 12.1 Å². The summed E-state index contributed by atoms with van der Waals surface area (Å²) >= 11 is 1.67. The summed E-state index contributed by atoms with van der Waals surface area (Å²) in [7, 11) is 1.91. The van der Waals surface area contributed by atoms with E-state index in [4.69, 9.17) is 0 Å². The predicted molar refractivity (Wildman–Crippen MR) is 80.5 cm³/mol. The molecule has 0 spiro atoms. The molecule has 3 rings (SSSR count). The molecule has 5 nitrogen and oxygen atoms in total. The molecule has 0 bridgehead atoms. The number of hydrogen-bond acceptors (Lipinski definition) is 5. The molecule has 2 aromatic rings. The number of Topliss-reactive ketones (excluding diaryl/α,β-unsaturated/α-hetero) is 1. The molecule has 0 unspecified atom stereocenters. The van der Waals surface area contributed by atoms with Gasteiger partial charge in [0.2, 0.25) is 0 Å². The van der Waals surface area contributed by atoms with E-state index in [1.807, 2.05) is 41.5 Å². The van der Waals surface area contributed by atoms with Gasteiger partial charge in [0.05, 0.1) is 12.2 Å². The van der Waals surface area contributed by atoms with Crippen molar-refractivity contribution in [1.82, 2.24) is 14.5 Å². The smallest absolute Gasteiger partial charge is 0.193 e. The number of carbonyl (C=O) groups is 1. The summed E-state index contributed by atoms with van der Waals surface area (Å²) in [6.45, 7) is 4.21. The minimum atomic E-state index is 0.195. The second kappa shape index (κ2) is 5.76. The van der Waals surface area contributed by atoms with E-state index in [9.17, 15) is 4.79 Å². The fourth-order valence-electron chi connectivity index (χ4n) is 2.50. The Morgan fingerprint density at radius 2 is 2.15 bits per heavy atom.